The van der Waals surface area contributed by atoms with Gasteiger partial charge in [0.05, 0.1) is 18.8 Å². The third-order valence-corrected chi connectivity index (χ3v) is 2.79. The van der Waals surface area contributed by atoms with Crippen molar-refractivity contribution in [1.29, 1.82) is 0 Å². The lowest BCUT2D eigenvalue weighted by Crippen LogP contribution is -2.30. The van der Waals surface area contributed by atoms with Crippen LogP contribution in [-0.2, 0) is 9.47 Å². The molecule has 0 aromatic rings. The summed E-state index contributed by atoms with van der Waals surface area (Å²) in [5.74, 6) is 0. The van der Waals surface area contributed by atoms with Gasteiger partial charge in [-0.3, -0.25) is 0 Å². The van der Waals surface area contributed by atoms with E-state index in [-0.39, 0.29) is 0 Å². The van der Waals surface area contributed by atoms with E-state index in [1.54, 1.807) is 7.11 Å². The normalized spacial score (nSPS) is 27.9. The smallest absolute Gasteiger partial charge is 0.0600 e. The van der Waals surface area contributed by atoms with Crippen LogP contribution in [0.1, 0.15) is 32.6 Å². The molecule has 0 amide bonds. The first-order valence-corrected chi connectivity index (χ1v) is 5.72. The van der Waals surface area contributed by atoms with Gasteiger partial charge in [-0.15, -0.1) is 0 Å². The third-order valence-electron chi connectivity index (χ3n) is 2.79. The van der Waals surface area contributed by atoms with Crippen LogP contribution in [0, 0.1) is 0 Å². The molecule has 1 fully saturated rings. The van der Waals surface area contributed by atoms with Gasteiger partial charge in [-0.05, 0) is 32.2 Å². The Kier molecular flexibility index (Phi) is 6.15. The SMILES string of the molecule is CCNCCOC1CCCC(OC)C1. The van der Waals surface area contributed by atoms with Gasteiger partial charge < -0.3 is 14.8 Å². The average molecular weight is 201 g/mol. The topological polar surface area (TPSA) is 30.5 Å². The molecule has 0 spiro atoms. The standard InChI is InChI=1S/C11H23NO2/c1-3-12-7-8-14-11-6-4-5-10(9-11)13-2/h10-12H,3-9H2,1-2H3. The van der Waals surface area contributed by atoms with Gasteiger partial charge >= 0.3 is 0 Å². The minimum Gasteiger partial charge on any atom is -0.381 e. The van der Waals surface area contributed by atoms with Crippen molar-refractivity contribution >= 4 is 0 Å². The van der Waals surface area contributed by atoms with Crippen molar-refractivity contribution in [3.8, 4) is 0 Å². The zero-order valence-electron chi connectivity index (χ0n) is 9.42. The lowest BCUT2D eigenvalue weighted by molar-refractivity contribution is -0.0281. The van der Waals surface area contributed by atoms with Gasteiger partial charge in [-0.2, -0.15) is 0 Å². The first-order chi connectivity index (χ1) is 6.86. The molecule has 0 aliphatic heterocycles. The zero-order chi connectivity index (χ0) is 10.2. The summed E-state index contributed by atoms with van der Waals surface area (Å²) in [6.07, 6.45) is 5.56. The van der Waals surface area contributed by atoms with Gasteiger partial charge in [0.25, 0.3) is 0 Å². The number of hydrogen-bond acceptors (Lipinski definition) is 3. The summed E-state index contributed by atoms with van der Waals surface area (Å²) in [6.45, 7) is 4.93. The molecule has 0 aromatic carbocycles. The highest BCUT2D eigenvalue weighted by Crippen LogP contribution is 2.22. The largest absolute Gasteiger partial charge is 0.381 e. The molecule has 1 aliphatic rings. The average Bonchev–Trinajstić information content (AvgIpc) is 2.25. The van der Waals surface area contributed by atoms with Crippen LogP contribution in [0.4, 0.5) is 0 Å². The van der Waals surface area contributed by atoms with Gasteiger partial charge in [-0.25, -0.2) is 0 Å². The fourth-order valence-electron chi connectivity index (χ4n) is 1.94. The number of likely N-dealkylation sites (N-methyl/N-ethyl adjacent to an activating group) is 1. The van der Waals surface area contributed by atoms with E-state index in [1.807, 2.05) is 0 Å². The molecule has 3 heteroatoms. The number of nitrogens with one attached hydrogen (secondary N) is 1. The minimum absolute atomic E-state index is 0.423. The van der Waals surface area contributed by atoms with E-state index in [0.29, 0.717) is 12.2 Å². The summed E-state index contributed by atoms with van der Waals surface area (Å²) < 4.78 is 11.1. The molecule has 2 atom stereocenters. The fraction of sp³-hybridized carbons (Fsp3) is 1.00. The van der Waals surface area contributed by atoms with E-state index < -0.39 is 0 Å². The lowest BCUT2D eigenvalue weighted by atomic mass is 9.95. The number of methoxy groups -OCH3 is 1. The van der Waals surface area contributed by atoms with Gasteiger partial charge in [0.15, 0.2) is 0 Å². The third kappa shape index (κ3) is 4.40. The van der Waals surface area contributed by atoms with Gasteiger partial charge in [-0.1, -0.05) is 6.92 Å². The minimum atomic E-state index is 0.423. The van der Waals surface area contributed by atoms with Crippen molar-refractivity contribution < 1.29 is 9.47 Å². The van der Waals surface area contributed by atoms with Crippen LogP contribution in [0.2, 0.25) is 0 Å². The van der Waals surface area contributed by atoms with Crippen molar-refractivity contribution in [2.24, 2.45) is 0 Å². The van der Waals surface area contributed by atoms with Crippen LogP contribution in [0.15, 0.2) is 0 Å². The summed E-state index contributed by atoms with van der Waals surface area (Å²) in [5, 5.41) is 3.26. The van der Waals surface area contributed by atoms with Crippen molar-refractivity contribution in [2.45, 2.75) is 44.8 Å². The van der Waals surface area contributed by atoms with E-state index in [1.165, 1.54) is 19.3 Å². The summed E-state index contributed by atoms with van der Waals surface area (Å²) in [5.41, 5.74) is 0. The molecule has 0 aromatic heterocycles. The first-order valence-electron chi connectivity index (χ1n) is 5.72. The quantitative estimate of drug-likeness (QED) is 0.662. The number of rotatable bonds is 6. The molecule has 0 saturated heterocycles. The molecule has 1 saturated carbocycles. The Bertz CT molecular complexity index is 141. The second-order valence-corrected chi connectivity index (χ2v) is 3.87. The van der Waals surface area contributed by atoms with Crippen molar-refractivity contribution in [3.63, 3.8) is 0 Å². The fourth-order valence-corrected chi connectivity index (χ4v) is 1.94. The van der Waals surface area contributed by atoms with E-state index in [2.05, 4.69) is 12.2 Å². The lowest BCUT2D eigenvalue weighted by Gasteiger charge is -2.28. The Morgan fingerprint density at radius 2 is 2.07 bits per heavy atom. The maximum Gasteiger partial charge on any atom is 0.0600 e. The molecule has 1 aliphatic carbocycles. The van der Waals surface area contributed by atoms with Crippen LogP contribution >= 0.6 is 0 Å². The highest BCUT2D eigenvalue weighted by molar-refractivity contribution is 4.73. The molecule has 84 valence electrons. The predicted octanol–water partition coefficient (Wildman–Crippen LogP) is 1.57. The van der Waals surface area contributed by atoms with Crippen LogP contribution in [0.5, 0.6) is 0 Å². The Morgan fingerprint density at radius 3 is 2.79 bits per heavy atom. The summed E-state index contributed by atoms with van der Waals surface area (Å²) in [4.78, 5) is 0. The van der Waals surface area contributed by atoms with Gasteiger partial charge in [0.2, 0.25) is 0 Å². The molecule has 3 nitrogen and oxygen atoms in total. The molecular weight excluding hydrogens is 178 g/mol. The monoisotopic (exact) mass is 201 g/mol. The van der Waals surface area contributed by atoms with E-state index in [4.69, 9.17) is 9.47 Å². The summed E-state index contributed by atoms with van der Waals surface area (Å²) in [7, 11) is 1.80. The Hall–Kier alpha value is -0.120. The Morgan fingerprint density at radius 1 is 1.29 bits per heavy atom. The van der Waals surface area contributed by atoms with E-state index >= 15 is 0 Å². The van der Waals surface area contributed by atoms with Crippen molar-refractivity contribution in [1.82, 2.24) is 5.32 Å². The maximum atomic E-state index is 5.77. The Labute approximate surface area is 87.2 Å². The summed E-state index contributed by atoms with van der Waals surface area (Å²) >= 11 is 0. The molecule has 0 radical (unpaired) electrons. The molecule has 2 unspecified atom stereocenters. The Balaban J connectivity index is 2.05. The highest BCUT2D eigenvalue weighted by Gasteiger charge is 2.21. The van der Waals surface area contributed by atoms with Crippen LogP contribution in [-0.4, -0.2) is 39.0 Å². The van der Waals surface area contributed by atoms with Crippen LogP contribution < -0.4 is 5.32 Å². The molecule has 1 rings (SSSR count). The second-order valence-electron chi connectivity index (χ2n) is 3.87. The number of ether oxygens (including phenoxy) is 2. The van der Waals surface area contributed by atoms with Crippen LogP contribution in [0.3, 0.4) is 0 Å². The molecule has 14 heavy (non-hydrogen) atoms. The summed E-state index contributed by atoms with van der Waals surface area (Å²) in [6, 6.07) is 0. The molecular formula is C11H23NO2. The van der Waals surface area contributed by atoms with Gasteiger partial charge in [0, 0.05) is 13.7 Å². The zero-order valence-corrected chi connectivity index (χ0v) is 9.42. The second kappa shape index (κ2) is 7.21. The predicted molar refractivity (Wildman–Crippen MR) is 57.5 cm³/mol. The van der Waals surface area contributed by atoms with Gasteiger partial charge in [0.1, 0.15) is 0 Å². The first kappa shape index (κ1) is 12.0. The van der Waals surface area contributed by atoms with E-state index in [0.717, 1.165) is 26.1 Å². The van der Waals surface area contributed by atoms with E-state index in [9.17, 15) is 0 Å². The molecule has 0 bridgehead atoms. The molecule has 0 heterocycles. The highest BCUT2D eigenvalue weighted by atomic mass is 16.5. The maximum absolute atomic E-state index is 5.77. The molecule has 1 N–H and O–H groups in total. The number of hydrogen-bond donors (Lipinski definition) is 1. The van der Waals surface area contributed by atoms with Crippen LogP contribution in [0.25, 0.3) is 0 Å². The van der Waals surface area contributed by atoms with Crippen molar-refractivity contribution in [3.05, 3.63) is 0 Å². The van der Waals surface area contributed by atoms with Crippen molar-refractivity contribution in [2.75, 3.05) is 26.8 Å².